The maximum Gasteiger partial charge on any atom is 0.240 e. The molecule has 108 valence electrons. The molecule has 0 bridgehead atoms. The van der Waals surface area contributed by atoms with E-state index in [1.807, 2.05) is 27.7 Å². The molecule has 0 aromatic heterocycles. The zero-order valence-electron chi connectivity index (χ0n) is 12.5. The summed E-state index contributed by atoms with van der Waals surface area (Å²) in [5.74, 6) is -0.242. The second-order valence-electron chi connectivity index (χ2n) is 4.47. The maximum atomic E-state index is 12.0. The lowest BCUT2D eigenvalue weighted by Gasteiger charge is -2.23. The van der Waals surface area contributed by atoms with Crippen LogP contribution in [0.3, 0.4) is 0 Å². The Balaban J connectivity index is 4.32. The molecule has 0 heterocycles. The van der Waals surface area contributed by atoms with Crippen molar-refractivity contribution in [1.82, 2.24) is 10.2 Å². The van der Waals surface area contributed by atoms with Gasteiger partial charge in [0.2, 0.25) is 11.8 Å². The van der Waals surface area contributed by atoms with Crippen LogP contribution in [0.25, 0.3) is 0 Å². The van der Waals surface area contributed by atoms with Crippen molar-refractivity contribution in [3.05, 3.63) is 0 Å². The topological polar surface area (TPSA) is 73.2 Å². The van der Waals surface area contributed by atoms with Crippen LogP contribution in [-0.4, -0.2) is 36.3 Å². The summed E-state index contributed by atoms with van der Waals surface area (Å²) >= 11 is 0. The average molecular weight is 267 g/mol. The minimum Gasteiger partial charge on any atom is -0.354 e. The molecule has 0 saturated heterocycles. The molecule has 0 aliphatic heterocycles. The minimum atomic E-state index is -0.960. The number of hydrogen-bond donors (Lipinski definition) is 1. The van der Waals surface area contributed by atoms with Gasteiger partial charge in [-0.1, -0.05) is 13.8 Å². The normalized spacial score (nSPS) is 10.7. The molecule has 0 atom stereocenters. The highest BCUT2D eigenvalue weighted by Crippen LogP contribution is 2.25. The molecule has 0 saturated carbocycles. The molecular weight excluding hydrogens is 242 g/mol. The maximum absolute atomic E-state index is 12.0. The van der Waals surface area contributed by atoms with Crippen LogP contribution >= 0.6 is 0 Å². The summed E-state index contributed by atoms with van der Waals surface area (Å²) in [6.07, 6.45) is 1.24. The molecule has 1 N–H and O–H groups in total. The predicted molar refractivity (Wildman–Crippen MR) is 74.2 cm³/mol. The Morgan fingerprint density at radius 3 is 2.05 bits per heavy atom. The van der Waals surface area contributed by atoms with Gasteiger partial charge >= 0.3 is 0 Å². The van der Waals surface area contributed by atoms with Gasteiger partial charge in [0.15, 0.2) is 0 Å². The molecule has 0 fully saturated rings. The number of carbonyl (C=O) groups excluding carboxylic acids is 2. The Labute approximate surface area is 116 Å². The third-order valence-electron chi connectivity index (χ3n) is 3.60. The summed E-state index contributed by atoms with van der Waals surface area (Å²) in [5.41, 5.74) is -0.960. The van der Waals surface area contributed by atoms with Gasteiger partial charge in [0.25, 0.3) is 0 Å². The number of carbonyl (C=O) groups is 2. The van der Waals surface area contributed by atoms with E-state index < -0.39 is 5.41 Å². The van der Waals surface area contributed by atoms with Crippen molar-refractivity contribution in [3.63, 3.8) is 0 Å². The van der Waals surface area contributed by atoms with E-state index in [0.717, 1.165) is 0 Å². The van der Waals surface area contributed by atoms with Crippen LogP contribution < -0.4 is 5.32 Å². The number of rotatable bonds is 8. The monoisotopic (exact) mass is 267 g/mol. The molecule has 0 aliphatic rings. The molecule has 0 aliphatic carbocycles. The molecule has 0 radical (unpaired) electrons. The summed E-state index contributed by atoms with van der Waals surface area (Å²) in [4.78, 5) is 25.5. The van der Waals surface area contributed by atoms with Gasteiger partial charge < -0.3 is 10.2 Å². The average Bonchev–Trinajstić information content (AvgIpc) is 2.42. The van der Waals surface area contributed by atoms with Gasteiger partial charge in [-0.2, -0.15) is 5.26 Å². The van der Waals surface area contributed by atoms with E-state index in [-0.39, 0.29) is 24.8 Å². The molecule has 19 heavy (non-hydrogen) atoms. The Kier molecular flexibility index (Phi) is 7.81. The Hall–Kier alpha value is -1.57. The zero-order valence-corrected chi connectivity index (χ0v) is 12.5. The van der Waals surface area contributed by atoms with Crippen LogP contribution in [0.4, 0.5) is 0 Å². The van der Waals surface area contributed by atoms with Crippen LogP contribution in [0.15, 0.2) is 0 Å². The first-order valence-electron chi connectivity index (χ1n) is 6.98. The highest BCUT2D eigenvalue weighted by molar-refractivity contribution is 5.85. The molecule has 5 heteroatoms. The number of nitrogens with zero attached hydrogens (tertiary/aromatic N) is 2. The van der Waals surface area contributed by atoms with Crippen molar-refractivity contribution in [2.75, 3.05) is 19.6 Å². The van der Waals surface area contributed by atoms with E-state index in [1.54, 1.807) is 4.90 Å². The van der Waals surface area contributed by atoms with E-state index in [2.05, 4.69) is 11.4 Å². The van der Waals surface area contributed by atoms with E-state index >= 15 is 0 Å². The fraction of sp³-hybridized carbons (Fsp3) is 0.786. The standard InChI is InChI=1S/C14H25N3O2/c1-5-14(6-2,11-15)13(19)16-10-9-12(18)17(7-3)8-4/h5-10H2,1-4H3,(H,16,19). The van der Waals surface area contributed by atoms with Crippen molar-refractivity contribution in [2.24, 2.45) is 5.41 Å². The van der Waals surface area contributed by atoms with E-state index in [0.29, 0.717) is 25.9 Å². The SMILES string of the molecule is CCN(CC)C(=O)CCNC(=O)C(C#N)(CC)CC. The number of hydrogen-bond acceptors (Lipinski definition) is 3. The molecule has 2 amide bonds. The summed E-state index contributed by atoms with van der Waals surface area (Å²) in [6.45, 7) is 9.15. The van der Waals surface area contributed by atoms with Crippen molar-refractivity contribution in [3.8, 4) is 6.07 Å². The smallest absolute Gasteiger partial charge is 0.240 e. The molecule has 0 aromatic rings. The Morgan fingerprint density at radius 2 is 1.68 bits per heavy atom. The predicted octanol–water partition coefficient (Wildman–Crippen LogP) is 1.69. The molecular formula is C14H25N3O2. The third-order valence-corrected chi connectivity index (χ3v) is 3.60. The van der Waals surface area contributed by atoms with E-state index in [4.69, 9.17) is 5.26 Å². The third kappa shape index (κ3) is 4.55. The van der Waals surface area contributed by atoms with Crippen molar-refractivity contribution >= 4 is 11.8 Å². The van der Waals surface area contributed by atoms with Crippen molar-refractivity contribution < 1.29 is 9.59 Å². The van der Waals surface area contributed by atoms with Crippen LogP contribution in [-0.2, 0) is 9.59 Å². The highest BCUT2D eigenvalue weighted by Gasteiger charge is 2.34. The van der Waals surface area contributed by atoms with E-state index in [9.17, 15) is 9.59 Å². The zero-order chi connectivity index (χ0) is 14.9. The lowest BCUT2D eigenvalue weighted by molar-refractivity contribution is -0.131. The van der Waals surface area contributed by atoms with Crippen LogP contribution in [0.2, 0.25) is 0 Å². The quantitative estimate of drug-likeness (QED) is 0.727. The van der Waals surface area contributed by atoms with Gasteiger partial charge in [-0.25, -0.2) is 0 Å². The summed E-state index contributed by atoms with van der Waals surface area (Å²) in [6, 6.07) is 2.09. The highest BCUT2D eigenvalue weighted by atomic mass is 16.2. The van der Waals surface area contributed by atoms with Crippen LogP contribution in [0.5, 0.6) is 0 Å². The van der Waals surface area contributed by atoms with Gasteiger partial charge in [0.1, 0.15) is 5.41 Å². The first kappa shape index (κ1) is 17.4. The Morgan fingerprint density at radius 1 is 1.16 bits per heavy atom. The van der Waals surface area contributed by atoms with Gasteiger partial charge in [0, 0.05) is 26.1 Å². The molecule has 0 spiro atoms. The number of nitriles is 1. The first-order valence-corrected chi connectivity index (χ1v) is 6.98. The number of nitrogens with one attached hydrogen (secondary N) is 1. The van der Waals surface area contributed by atoms with Gasteiger partial charge in [-0.05, 0) is 26.7 Å². The first-order chi connectivity index (χ1) is 9.01. The fourth-order valence-electron chi connectivity index (χ4n) is 1.97. The Bertz CT molecular complexity index is 339. The molecule has 0 aromatic carbocycles. The number of amides is 2. The van der Waals surface area contributed by atoms with Crippen molar-refractivity contribution in [2.45, 2.75) is 47.0 Å². The lowest BCUT2D eigenvalue weighted by atomic mass is 9.83. The van der Waals surface area contributed by atoms with Crippen LogP contribution in [0, 0.1) is 16.7 Å². The van der Waals surface area contributed by atoms with Crippen LogP contribution in [0.1, 0.15) is 47.0 Å². The fourth-order valence-corrected chi connectivity index (χ4v) is 1.97. The molecule has 5 nitrogen and oxygen atoms in total. The van der Waals surface area contributed by atoms with Gasteiger partial charge in [-0.15, -0.1) is 0 Å². The van der Waals surface area contributed by atoms with Gasteiger partial charge in [-0.3, -0.25) is 9.59 Å². The summed E-state index contributed by atoms with van der Waals surface area (Å²) in [5, 5.41) is 11.8. The second-order valence-corrected chi connectivity index (χ2v) is 4.47. The minimum absolute atomic E-state index is 0.0286. The largest absolute Gasteiger partial charge is 0.354 e. The van der Waals surface area contributed by atoms with Gasteiger partial charge in [0.05, 0.1) is 6.07 Å². The van der Waals surface area contributed by atoms with Crippen molar-refractivity contribution in [1.29, 1.82) is 5.26 Å². The summed E-state index contributed by atoms with van der Waals surface area (Å²) < 4.78 is 0. The lowest BCUT2D eigenvalue weighted by Crippen LogP contribution is -2.41. The molecule has 0 unspecified atom stereocenters. The molecule has 0 rings (SSSR count). The second kappa shape index (κ2) is 8.52. The van der Waals surface area contributed by atoms with E-state index in [1.165, 1.54) is 0 Å². The summed E-state index contributed by atoms with van der Waals surface area (Å²) in [7, 11) is 0.